The molecular weight excluding hydrogens is 330 g/mol. The molecule has 132 valence electrons. The maximum absolute atomic E-state index is 11.1. The van der Waals surface area contributed by atoms with Crippen LogP contribution in [0, 0.1) is 17.0 Å². The maximum atomic E-state index is 11.1. The van der Waals surface area contributed by atoms with E-state index >= 15 is 0 Å². The molecule has 2 saturated heterocycles. The number of hydrogen-bond donors (Lipinski definition) is 0. The predicted molar refractivity (Wildman–Crippen MR) is 95.1 cm³/mol. The molecule has 0 amide bonds. The lowest BCUT2D eigenvalue weighted by atomic mass is 10.1. The Hall–Kier alpha value is -1.37. The summed E-state index contributed by atoms with van der Waals surface area (Å²) in [5.41, 5.74) is 1.65. The predicted octanol–water partition coefficient (Wildman–Crippen LogP) is 3.25. The monoisotopic (exact) mass is 353 g/mol. The van der Waals surface area contributed by atoms with Crippen LogP contribution in [-0.4, -0.2) is 55.3 Å². The summed E-state index contributed by atoms with van der Waals surface area (Å²) in [6, 6.07) is 3.95. The van der Waals surface area contributed by atoms with Crippen LogP contribution in [0.4, 0.5) is 11.4 Å². The molecule has 0 bridgehead atoms. The summed E-state index contributed by atoms with van der Waals surface area (Å²) in [5, 5.41) is 11.5. The molecule has 2 aliphatic heterocycles. The largest absolute Gasteiger partial charge is 0.381 e. The number of nitrogens with zero attached hydrogens (tertiary/aromatic N) is 3. The number of anilines is 1. The van der Waals surface area contributed by atoms with Crippen molar-refractivity contribution in [3.63, 3.8) is 0 Å². The topological polar surface area (TPSA) is 58.8 Å². The van der Waals surface area contributed by atoms with Gasteiger partial charge in [0.25, 0.3) is 5.69 Å². The summed E-state index contributed by atoms with van der Waals surface area (Å²) in [5.74, 6) is 0. The highest BCUT2D eigenvalue weighted by molar-refractivity contribution is 6.33. The van der Waals surface area contributed by atoms with Crippen molar-refractivity contribution in [1.82, 2.24) is 4.90 Å². The van der Waals surface area contributed by atoms with Gasteiger partial charge in [0.1, 0.15) is 0 Å². The average Bonchev–Trinajstić information content (AvgIpc) is 2.83. The first-order valence-corrected chi connectivity index (χ1v) is 8.95. The molecule has 24 heavy (non-hydrogen) atoms. The van der Waals surface area contributed by atoms with Gasteiger partial charge in [0, 0.05) is 57.1 Å². The number of nitro benzene ring substituents is 1. The third-order valence-electron chi connectivity index (χ3n) is 5.04. The van der Waals surface area contributed by atoms with Gasteiger partial charge < -0.3 is 9.64 Å². The molecule has 0 radical (unpaired) electrons. The van der Waals surface area contributed by atoms with Crippen LogP contribution in [0.3, 0.4) is 0 Å². The molecular formula is C17H24ClN3O3. The van der Waals surface area contributed by atoms with Crippen LogP contribution in [0.1, 0.15) is 24.8 Å². The highest BCUT2D eigenvalue weighted by atomic mass is 35.5. The van der Waals surface area contributed by atoms with Crippen LogP contribution >= 0.6 is 11.6 Å². The van der Waals surface area contributed by atoms with Crippen LogP contribution in [0.5, 0.6) is 0 Å². The van der Waals surface area contributed by atoms with E-state index in [0.717, 1.165) is 64.3 Å². The van der Waals surface area contributed by atoms with Crippen LogP contribution in [0.15, 0.2) is 12.1 Å². The van der Waals surface area contributed by atoms with Gasteiger partial charge in [-0.05, 0) is 32.3 Å². The molecule has 0 aliphatic carbocycles. The van der Waals surface area contributed by atoms with E-state index in [0.29, 0.717) is 16.6 Å². The summed E-state index contributed by atoms with van der Waals surface area (Å²) in [7, 11) is 0. The number of halogens is 1. The molecule has 2 aliphatic rings. The SMILES string of the molecule is Cc1cc(N2CCCN(C3CCOCC3)CC2)c(Cl)cc1[N+](=O)[O-]. The van der Waals surface area contributed by atoms with E-state index in [1.807, 2.05) is 6.07 Å². The molecule has 2 heterocycles. The van der Waals surface area contributed by atoms with Crippen molar-refractivity contribution in [3.05, 3.63) is 32.8 Å². The minimum Gasteiger partial charge on any atom is -0.381 e. The number of aryl methyl sites for hydroxylation is 1. The fraction of sp³-hybridized carbons (Fsp3) is 0.647. The van der Waals surface area contributed by atoms with Gasteiger partial charge in [-0.2, -0.15) is 0 Å². The molecule has 6 nitrogen and oxygen atoms in total. The van der Waals surface area contributed by atoms with Crippen molar-refractivity contribution < 1.29 is 9.66 Å². The van der Waals surface area contributed by atoms with E-state index < -0.39 is 0 Å². The van der Waals surface area contributed by atoms with E-state index in [9.17, 15) is 10.1 Å². The minimum atomic E-state index is -0.375. The lowest BCUT2D eigenvalue weighted by Crippen LogP contribution is -2.41. The van der Waals surface area contributed by atoms with Crippen LogP contribution < -0.4 is 4.90 Å². The first-order valence-electron chi connectivity index (χ1n) is 8.57. The first kappa shape index (κ1) is 17.5. The van der Waals surface area contributed by atoms with Crippen molar-refractivity contribution in [3.8, 4) is 0 Å². The summed E-state index contributed by atoms with van der Waals surface area (Å²) in [4.78, 5) is 15.5. The molecule has 7 heteroatoms. The Kier molecular flexibility index (Phi) is 5.58. The van der Waals surface area contributed by atoms with Crippen LogP contribution in [-0.2, 0) is 4.74 Å². The minimum absolute atomic E-state index is 0.0856. The molecule has 1 aromatic rings. The summed E-state index contributed by atoms with van der Waals surface area (Å²) < 4.78 is 5.46. The third kappa shape index (κ3) is 3.82. The van der Waals surface area contributed by atoms with Crippen molar-refractivity contribution in [1.29, 1.82) is 0 Å². The second-order valence-electron chi connectivity index (χ2n) is 6.57. The zero-order valence-corrected chi connectivity index (χ0v) is 14.8. The number of benzene rings is 1. The lowest BCUT2D eigenvalue weighted by molar-refractivity contribution is -0.385. The summed E-state index contributed by atoms with van der Waals surface area (Å²) in [6.45, 7) is 7.40. The second kappa shape index (κ2) is 7.68. The standard InChI is InChI=1S/C17H24ClN3O3/c1-13-11-17(15(18)12-16(13)21(22)23)20-6-2-5-19(7-8-20)14-3-9-24-10-4-14/h11-12,14H,2-10H2,1H3. The fourth-order valence-corrected chi connectivity index (χ4v) is 3.97. The van der Waals surface area contributed by atoms with Gasteiger partial charge in [-0.3, -0.25) is 15.0 Å². The Labute approximate surface area is 147 Å². The summed E-state index contributed by atoms with van der Waals surface area (Å²) >= 11 is 6.34. The fourth-order valence-electron chi connectivity index (χ4n) is 3.69. The Morgan fingerprint density at radius 3 is 2.67 bits per heavy atom. The van der Waals surface area contributed by atoms with Gasteiger partial charge >= 0.3 is 0 Å². The zero-order chi connectivity index (χ0) is 17.1. The van der Waals surface area contributed by atoms with Crippen LogP contribution in [0.2, 0.25) is 5.02 Å². The highest BCUT2D eigenvalue weighted by Crippen LogP contribution is 2.33. The average molecular weight is 354 g/mol. The molecule has 0 atom stereocenters. The Morgan fingerprint density at radius 2 is 1.96 bits per heavy atom. The number of rotatable bonds is 3. The van der Waals surface area contributed by atoms with Crippen LogP contribution in [0.25, 0.3) is 0 Å². The van der Waals surface area contributed by atoms with Crippen molar-refractivity contribution >= 4 is 23.0 Å². The zero-order valence-electron chi connectivity index (χ0n) is 14.0. The lowest BCUT2D eigenvalue weighted by Gasteiger charge is -2.33. The number of ether oxygens (including phenoxy) is 1. The van der Waals surface area contributed by atoms with Gasteiger partial charge in [-0.1, -0.05) is 11.6 Å². The molecule has 0 aromatic heterocycles. The van der Waals surface area contributed by atoms with Crippen molar-refractivity contribution in [2.45, 2.75) is 32.2 Å². The number of hydrogen-bond acceptors (Lipinski definition) is 5. The molecule has 0 unspecified atom stereocenters. The van der Waals surface area contributed by atoms with E-state index in [1.54, 1.807) is 6.92 Å². The van der Waals surface area contributed by atoms with Gasteiger partial charge in [-0.25, -0.2) is 0 Å². The summed E-state index contributed by atoms with van der Waals surface area (Å²) in [6.07, 6.45) is 3.29. The normalized spacial score (nSPS) is 20.8. The third-order valence-corrected chi connectivity index (χ3v) is 5.34. The van der Waals surface area contributed by atoms with E-state index in [1.165, 1.54) is 6.07 Å². The van der Waals surface area contributed by atoms with Gasteiger partial charge in [0.2, 0.25) is 0 Å². The van der Waals surface area contributed by atoms with Gasteiger partial charge in [-0.15, -0.1) is 0 Å². The molecule has 1 aromatic carbocycles. The second-order valence-corrected chi connectivity index (χ2v) is 6.97. The highest BCUT2D eigenvalue weighted by Gasteiger charge is 2.25. The Morgan fingerprint density at radius 1 is 1.21 bits per heavy atom. The van der Waals surface area contributed by atoms with Crippen molar-refractivity contribution in [2.24, 2.45) is 0 Å². The van der Waals surface area contributed by atoms with Gasteiger partial charge in [0.05, 0.1) is 15.6 Å². The van der Waals surface area contributed by atoms with E-state index in [4.69, 9.17) is 16.3 Å². The molecule has 0 spiro atoms. The number of nitro groups is 1. The smallest absolute Gasteiger partial charge is 0.273 e. The van der Waals surface area contributed by atoms with Crippen molar-refractivity contribution in [2.75, 3.05) is 44.3 Å². The Bertz CT molecular complexity index is 605. The first-order chi connectivity index (χ1) is 11.6. The maximum Gasteiger partial charge on any atom is 0.273 e. The Balaban J connectivity index is 1.72. The molecule has 3 rings (SSSR count). The molecule has 2 fully saturated rings. The quantitative estimate of drug-likeness (QED) is 0.616. The van der Waals surface area contributed by atoms with E-state index in [-0.39, 0.29) is 10.6 Å². The molecule has 0 saturated carbocycles. The van der Waals surface area contributed by atoms with E-state index in [2.05, 4.69) is 9.80 Å². The molecule has 0 N–H and O–H groups in total. The van der Waals surface area contributed by atoms with Gasteiger partial charge in [0.15, 0.2) is 0 Å².